The molecule has 0 saturated carbocycles. The number of carbonyl (C=O) groups is 1. The largest absolute Gasteiger partial charge is 0.506 e. The predicted molar refractivity (Wildman–Crippen MR) is 76.5 cm³/mol. The van der Waals surface area contributed by atoms with Crippen LogP contribution in [0.3, 0.4) is 0 Å². The average molecular weight is 296 g/mol. The molecular weight excluding hydrogens is 284 g/mol. The van der Waals surface area contributed by atoms with E-state index in [1.807, 2.05) is 6.92 Å². The summed E-state index contributed by atoms with van der Waals surface area (Å²) in [4.78, 5) is 11.7. The van der Waals surface area contributed by atoms with Crippen LogP contribution in [-0.4, -0.2) is 27.0 Å². The smallest absolute Gasteiger partial charge is 0.234 e. The third kappa shape index (κ3) is 3.83. The molecule has 0 unspecified atom stereocenters. The minimum absolute atomic E-state index is 0.0455. The molecule has 4 N–H and O–H groups in total. The van der Waals surface area contributed by atoms with Gasteiger partial charge in [-0.25, -0.2) is 0 Å². The number of hydrogen-bond donors (Lipinski definition) is 3. The van der Waals surface area contributed by atoms with E-state index in [0.29, 0.717) is 15.2 Å². The summed E-state index contributed by atoms with van der Waals surface area (Å²) in [7, 11) is 0. The molecule has 0 aliphatic heterocycles. The Morgan fingerprint density at radius 2 is 2.32 bits per heavy atom. The van der Waals surface area contributed by atoms with E-state index in [-0.39, 0.29) is 17.4 Å². The number of aryl methyl sites for hydroxylation is 1. The molecular formula is C11H12N4O2S2. The van der Waals surface area contributed by atoms with Crippen molar-refractivity contribution in [2.24, 2.45) is 0 Å². The standard InChI is InChI=1S/C11H12N4O2S2/c1-6-2-3-8(16)7(4-6)13-9(17)5-18-11-15-14-10(12)19-11/h2-4,16H,5H2,1H3,(H2,12,14)(H,13,17). The number of nitrogens with one attached hydrogen (secondary N) is 1. The van der Waals surface area contributed by atoms with E-state index in [2.05, 4.69) is 15.5 Å². The lowest BCUT2D eigenvalue weighted by atomic mass is 10.2. The predicted octanol–water partition coefficient (Wildman–Crippen LogP) is 1.87. The molecule has 2 aromatic rings. The first-order valence-corrected chi connectivity index (χ1v) is 7.16. The number of carbonyl (C=O) groups excluding carboxylic acids is 1. The third-order valence-corrected chi connectivity index (χ3v) is 4.06. The van der Waals surface area contributed by atoms with Crippen LogP contribution < -0.4 is 11.1 Å². The number of aromatic nitrogens is 2. The Kier molecular flexibility index (Phi) is 4.23. The van der Waals surface area contributed by atoms with E-state index in [1.165, 1.54) is 23.1 Å². The van der Waals surface area contributed by atoms with Gasteiger partial charge in [0.2, 0.25) is 11.0 Å². The molecule has 0 aliphatic rings. The number of nitrogens with two attached hydrogens (primary N) is 1. The van der Waals surface area contributed by atoms with Crippen LogP contribution in [0.5, 0.6) is 5.75 Å². The molecule has 0 atom stereocenters. The monoisotopic (exact) mass is 296 g/mol. The SMILES string of the molecule is Cc1ccc(O)c(NC(=O)CSc2nnc(N)s2)c1. The van der Waals surface area contributed by atoms with Crippen molar-refractivity contribution < 1.29 is 9.90 Å². The van der Waals surface area contributed by atoms with Crippen LogP contribution in [0.4, 0.5) is 10.8 Å². The summed E-state index contributed by atoms with van der Waals surface area (Å²) in [5.74, 6) is 0.00550. The Morgan fingerprint density at radius 3 is 3.00 bits per heavy atom. The first-order chi connectivity index (χ1) is 9.04. The molecule has 0 spiro atoms. The Labute approximate surface area is 118 Å². The van der Waals surface area contributed by atoms with Crippen molar-refractivity contribution in [3.63, 3.8) is 0 Å². The Balaban J connectivity index is 1.92. The number of hydrogen-bond acceptors (Lipinski definition) is 7. The topological polar surface area (TPSA) is 101 Å². The lowest BCUT2D eigenvalue weighted by molar-refractivity contribution is -0.113. The summed E-state index contributed by atoms with van der Waals surface area (Å²) in [5.41, 5.74) is 6.80. The van der Waals surface area contributed by atoms with Crippen LogP contribution in [0.2, 0.25) is 0 Å². The van der Waals surface area contributed by atoms with Crippen LogP contribution in [0.15, 0.2) is 22.5 Å². The van der Waals surface area contributed by atoms with Gasteiger partial charge in [-0.2, -0.15) is 0 Å². The zero-order valence-electron chi connectivity index (χ0n) is 10.1. The lowest BCUT2D eigenvalue weighted by Crippen LogP contribution is -2.14. The highest BCUT2D eigenvalue weighted by molar-refractivity contribution is 8.01. The van der Waals surface area contributed by atoms with Gasteiger partial charge in [0.15, 0.2) is 4.34 Å². The van der Waals surface area contributed by atoms with Crippen LogP contribution in [0.25, 0.3) is 0 Å². The van der Waals surface area contributed by atoms with Gasteiger partial charge in [0.25, 0.3) is 0 Å². The van der Waals surface area contributed by atoms with Crippen LogP contribution in [0, 0.1) is 6.92 Å². The minimum Gasteiger partial charge on any atom is -0.506 e. The Hall–Kier alpha value is -1.80. The summed E-state index contributed by atoms with van der Waals surface area (Å²) in [5, 5.41) is 20.1. The Bertz CT molecular complexity index is 600. The molecule has 8 heteroatoms. The summed E-state index contributed by atoms with van der Waals surface area (Å²) >= 11 is 2.48. The maximum Gasteiger partial charge on any atom is 0.234 e. The normalized spacial score (nSPS) is 10.4. The van der Waals surface area contributed by atoms with Crippen molar-refractivity contribution in [2.45, 2.75) is 11.3 Å². The highest BCUT2D eigenvalue weighted by Gasteiger charge is 2.09. The summed E-state index contributed by atoms with van der Waals surface area (Å²) in [6.45, 7) is 1.88. The molecule has 6 nitrogen and oxygen atoms in total. The van der Waals surface area contributed by atoms with Crippen molar-refractivity contribution in [3.05, 3.63) is 23.8 Å². The van der Waals surface area contributed by atoms with E-state index in [1.54, 1.807) is 18.2 Å². The molecule has 2 rings (SSSR count). The maximum atomic E-state index is 11.7. The Morgan fingerprint density at radius 1 is 1.53 bits per heavy atom. The van der Waals surface area contributed by atoms with Crippen LogP contribution >= 0.6 is 23.1 Å². The second kappa shape index (κ2) is 5.89. The first-order valence-electron chi connectivity index (χ1n) is 5.36. The van der Waals surface area contributed by atoms with Gasteiger partial charge in [0, 0.05) is 0 Å². The third-order valence-electron chi connectivity index (χ3n) is 2.17. The number of benzene rings is 1. The van der Waals surface area contributed by atoms with Gasteiger partial charge in [-0.3, -0.25) is 4.79 Å². The van der Waals surface area contributed by atoms with E-state index < -0.39 is 0 Å². The summed E-state index contributed by atoms with van der Waals surface area (Å²) in [6.07, 6.45) is 0. The van der Waals surface area contributed by atoms with Gasteiger partial charge in [-0.1, -0.05) is 29.2 Å². The van der Waals surface area contributed by atoms with E-state index in [4.69, 9.17) is 5.73 Å². The molecule has 0 aliphatic carbocycles. The van der Waals surface area contributed by atoms with Crippen LogP contribution in [0.1, 0.15) is 5.56 Å². The minimum atomic E-state index is -0.223. The average Bonchev–Trinajstić information content (AvgIpc) is 2.77. The zero-order valence-corrected chi connectivity index (χ0v) is 11.7. The molecule has 0 radical (unpaired) electrons. The first kappa shape index (κ1) is 13.6. The zero-order chi connectivity index (χ0) is 13.8. The van der Waals surface area contributed by atoms with E-state index in [9.17, 15) is 9.90 Å². The second-order valence-electron chi connectivity index (χ2n) is 3.76. The van der Waals surface area contributed by atoms with Crippen molar-refractivity contribution in [1.82, 2.24) is 10.2 Å². The number of nitrogens with zero attached hydrogens (tertiary/aromatic N) is 2. The molecule has 1 amide bonds. The number of nitrogen functional groups attached to an aromatic ring is 1. The fourth-order valence-electron chi connectivity index (χ4n) is 1.34. The quantitative estimate of drug-likeness (QED) is 0.588. The summed E-state index contributed by atoms with van der Waals surface area (Å²) < 4.78 is 0.640. The molecule has 1 aromatic carbocycles. The van der Waals surface area contributed by atoms with Crippen molar-refractivity contribution in [3.8, 4) is 5.75 Å². The molecule has 1 heterocycles. The number of amides is 1. The number of rotatable bonds is 4. The molecule has 0 bridgehead atoms. The highest BCUT2D eigenvalue weighted by atomic mass is 32.2. The van der Waals surface area contributed by atoms with Gasteiger partial charge in [0.1, 0.15) is 5.75 Å². The van der Waals surface area contributed by atoms with Crippen molar-refractivity contribution >= 4 is 39.8 Å². The van der Waals surface area contributed by atoms with Crippen molar-refractivity contribution in [2.75, 3.05) is 16.8 Å². The lowest BCUT2D eigenvalue weighted by Gasteiger charge is -2.07. The molecule has 19 heavy (non-hydrogen) atoms. The molecule has 1 aromatic heterocycles. The fraction of sp³-hybridized carbons (Fsp3) is 0.182. The van der Waals surface area contributed by atoms with E-state index >= 15 is 0 Å². The highest BCUT2D eigenvalue weighted by Crippen LogP contribution is 2.26. The number of phenolic OH excluding ortho intramolecular Hbond substituents is 1. The number of thioether (sulfide) groups is 1. The van der Waals surface area contributed by atoms with Gasteiger partial charge < -0.3 is 16.2 Å². The van der Waals surface area contributed by atoms with E-state index in [0.717, 1.165) is 5.56 Å². The molecule has 0 fully saturated rings. The number of phenols is 1. The van der Waals surface area contributed by atoms with Gasteiger partial charge in [-0.15, -0.1) is 10.2 Å². The molecule has 100 valence electrons. The second-order valence-corrected chi connectivity index (χ2v) is 6.00. The summed E-state index contributed by atoms with van der Waals surface area (Å²) in [6, 6.07) is 5.02. The molecule has 0 saturated heterocycles. The van der Waals surface area contributed by atoms with Crippen LogP contribution in [-0.2, 0) is 4.79 Å². The van der Waals surface area contributed by atoms with Gasteiger partial charge >= 0.3 is 0 Å². The van der Waals surface area contributed by atoms with Gasteiger partial charge in [-0.05, 0) is 24.6 Å². The van der Waals surface area contributed by atoms with Gasteiger partial charge in [0.05, 0.1) is 11.4 Å². The fourth-order valence-corrected chi connectivity index (χ4v) is 2.78. The number of anilines is 2. The van der Waals surface area contributed by atoms with Crippen molar-refractivity contribution in [1.29, 1.82) is 0 Å². The number of aromatic hydroxyl groups is 1. The maximum absolute atomic E-state index is 11.7.